The fourth-order valence-corrected chi connectivity index (χ4v) is 0.368. The number of nitrogens with two attached hydrogens (primary N) is 1. The fourth-order valence-electron chi connectivity index (χ4n) is 0.368. The lowest BCUT2D eigenvalue weighted by Crippen LogP contribution is -2.19. The van der Waals surface area contributed by atoms with Crippen LogP contribution in [0.1, 0.15) is 13.3 Å². The van der Waals surface area contributed by atoms with E-state index in [0.29, 0.717) is 6.54 Å². The number of hydrogen-bond donors (Lipinski definition) is 2. The van der Waals surface area contributed by atoms with E-state index in [1.807, 2.05) is 6.92 Å². The molecular weight excluding hydrogens is 90.1 g/mol. The fraction of sp³-hybridized carbons (Fsp3) is 0.800. The van der Waals surface area contributed by atoms with Crippen LogP contribution in [0.5, 0.6) is 0 Å². The number of aliphatic hydroxyl groups is 1. The Morgan fingerprint density at radius 3 is 2.57 bits per heavy atom. The Labute approximate surface area is 44.3 Å². The third-order valence-electron chi connectivity index (χ3n) is 0.749. The van der Waals surface area contributed by atoms with E-state index in [9.17, 15) is 0 Å². The zero-order valence-corrected chi connectivity index (χ0v) is 4.59. The molecule has 1 atom stereocenters. The first kappa shape index (κ1) is 6.92. The molecule has 0 saturated carbocycles. The first-order valence-corrected chi connectivity index (χ1v) is 2.52. The summed E-state index contributed by atoms with van der Waals surface area (Å²) in [5.74, 6) is 0. The van der Waals surface area contributed by atoms with E-state index in [0.717, 1.165) is 6.42 Å². The lowest BCUT2D eigenvalue weighted by atomic mass is 10.2. The molecule has 0 bridgehead atoms. The van der Waals surface area contributed by atoms with E-state index >= 15 is 0 Å². The van der Waals surface area contributed by atoms with Gasteiger partial charge in [0.1, 0.15) is 0 Å². The van der Waals surface area contributed by atoms with Gasteiger partial charge in [0, 0.05) is 6.54 Å². The van der Waals surface area contributed by atoms with Gasteiger partial charge in [0.15, 0.2) is 0 Å². The van der Waals surface area contributed by atoms with Gasteiger partial charge in [-0.2, -0.15) is 0 Å². The monoisotopic (exact) mass is 102 g/mol. The Morgan fingerprint density at radius 1 is 1.86 bits per heavy atom. The molecule has 0 aromatic rings. The van der Waals surface area contributed by atoms with Gasteiger partial charge in [0.2, 0.25) is 0 Å². The van der Waals surface area contributed by atoms with Gasteiger partial charge in [-0.25, -0.2) is 0 Å². The highest BCUT2D eigenvalue weighted by molar-refractivity contribution is 4.72. The summed E-state index contributed by atoms with van der Waals surface area (Å²) in [7, 11) is 0. The number of aliphatic hydroxyl groups excluding tert-OH is 1. The van der Waals surface area contributed by atoms with Crippen molar-refractivity contribution in [3.63, 3.8) is 0 Å². The van der Waals surface area contributed by atoms with Crippen LogP contribution in [0.4, 0.5) is 0 Å². The van der Waals surface area contributed by atoms with Crippen LogP contribution in [0, 0.1) is 6.42 Å². The summed E-state index contributed by atoms with van der Waals surface area (Å²) in [4.78, 5) is 0. The topological polar surface area (TPSA) is 46.2 Å². The van der Waals surface area contributed by atoms with Gasteiger partial charge >= 0.3 is 0 Å². The second kappa shape index (κ2) is 4.09. The summed E-state index contributed by atoms with van der Waals surface area (Å²) in [6.45, 7) is 2.31. The van der Waals surface area contributed by atoms with E-state index in [1.165, 1.54) is 0 Å². The maximum absolute atomic E-state index is 8.68. The van der Waals surface area contributed by atoms with Gasteiger partial charge in [-0.05, 0) is 6.42 Å². The molecule has 0 aliphatic heterocycles. The maximum Gasteiger partial charge on any atom is 0.0694 e. The molecule has 3 N–H and O–H groups in total. The molecule has 1 radical (unpaired) electrons. The molecule has 2 nitrogen and oxygen atoms in total. The highest BCUT2D eigenvalue weighted by Gasteiger charge is 1.95. The van der Waals surface area contributed by atoms with Crippen molar-refractivity contribution < 1.29 is 5.11 Å². The molecule has 0 aliphatic rings. The predicted molar refractivity (Wildman–Crippen MR) is 29.7 cm³/mol. The molecule has 0 aromatic heterocycles. The molecule has 0 amide bonds. The molecule has 7 heavy (non-hydrogen) atoms. The molecular formula is C5H12NO. The molecule has 0 fully saturated rings. The Bertz CT molecular complexity index is 39.1. The van der Waals surface area contributed by atoms with Crippen molar-refractivity contribution in [2.45, 2.75) is 19.4 Å². The molecule has 0 spiro atoms. The minimum absolute atomic E-state index is 0.341. The Hall–Kier alpha value is -0.0800. The summed E-state index contributed by atoms with van der Waals surface area (Å²) in [6, 6.07) is 0. The van der Waals surface area contributed by atoms with Crippen molar-refractivity contribution in [3.8, 4) is 0 Å². The standard InChI is InChI=1S/C5H12NO/c1-2-3-5(7)4-6/h3,5,7H,2,4,6H2,1H3/t5-/m1/s1. The van der Waals surface area contributed by atoms with Crippen LogP contribution in [0.25, 0.3) is 0 Å². The van der Waals surface area contributed by atoms with Crippen LogP contribution in [0.3, 0.4) is 0 Å². The van der Waals surface area contributed by atoms with Crippen molar-refractivity contribution in [3.05, 3.63) is 6.42 Å². The van der Waals surface area contributed by atoms with Gasteiger partial charge in [-0.1, -0.05) is 13.3 Å². The van der Waals surface area contributed by atoms with Crippen LogP contribution in [0.15, 0.2) is 0 Å². The first-order valence-electron chi connectivity index (χ1n) is 2.52. The maximum atomic E-state index is 8.68. The second-order valence-electron chi connectivity index (χ2n) is 1.45. The lowest BCUT2D eigenvalue weighted by Gasteiger charge is -2.01. The molecule has 0 aliphatic carbocycles. The third kappa shape index (κ3) is 3.76. The highest BCUT2D eigenvalue weighted by atomic mass is 16.3. The van der Waals surface area contributed by atoms with Gasteiger partial charge < -0.3 is 10.8 Å². The quantitative estimate of drug-likeness (QED) is 0.523. The molecule has 43 valence electrons. The zero-order valence-electron chi connectivity index (χ0n) is 4.59. The minimum atomic E-state index is -0.398. The van der Waals surface area contributed by atoms with E-state index < -0.39 is 6.10 Å². The summed E-state index contributed by atoms with van der Waals surface area (Å²) < 4.78 is 0. The molecule has 0 heterocycles. The average Bonchev–Trinajstić information content (AvgIpc) is 1.68. The highest BCUT2D eigenvalue weighted by Crippen LogP contribution is 1.89. The molecule has 0 rings (SSSR count). The zero-order chi connectivity index (χ0) is 5.70. The van der Waals surface area contributed by atoms with E-state index in [1.54, 1.807) is 6.42 Å². The van der Waals surface area contributed by atoms with Crippen LogP contribution >= 0.6 is 0 Å². The number of rotatable bonds is 3. The largest absolute Gasteiger partial charge is 0.392 e. The summed E-state index contributed by atoms with van der Waals surface area (Å²) >= 11 is 0. The minimum Gasteiger partial charge on any atom is -0.392 e. The Morgan fingerprint density at radius 2 is 2.43 bits per heavy atom. The van der Waals surface area contributed by atoms with Gasteiger partial charge in [-0.15, -0.1) is 0 Å². The Balaban J connectivity index is 2.83. The van der Waals surface area contributed by atoms with Crippen molar-refractivity contribution in [1.29, 1.82) is 0 Å². The average molecular weight is 102 g/mol. The van der Waals surface area contributed by atoms with Gasteiger partial charge in [0.25, 0.3) is 0 Å². The second-order valence-corrected chi connectivity index (χ2v) is 1.45. The van der Waals surface area contributed by atoms with Crippen LogP contribution < -0.4 is 5.73 Å². The molecule has 2 heteroatoms. The van der Waals surface area contributed by atoms with Crippen molar-refractivity contribution in [2.75, 3.05) is 6.54 Å². The van der Waals surface area contributed by atoms with E-state index in [-0.39, 0.29) is 0 Å². The first-order chi connectivity index (χ1) is 3.31. The normalized spacial score (nSPS) is 14.1. The van der Waals surface area contributed by atoms with Crippen molar-refractivity contribution in [2.24, 2.45) is 5.73 Å². The third-order valence-corrected chi connectivity index (χ3v) is 0.749. The summed E-state index contributed by atoms with van der Waals surface area (Å²) in [5, 5.41) is 8.68. The van der Waals surface area contributed by atoms with Gasteiger partial charge in [-0.3, -0.25) is 0 Å². The molecule has 0 unspecified atom stereocenters. The van der Waals surface area contributed by atoms with Crippen LogP contribution in [-0.4, -0.2) is 17.8 Å². The van der Waals surface area contributed by atoms with Crippen molar-refractivity contribution >= 4 is 0 Å². The van der Waals surface area contributed by atoms with Crippen LogP contribution in [0.2, 0.25) is 0 Å². The smallest absolute Gasteiger partial charge is 0.0694 e. The Kier molecular flexibility index (Phi) is 4.04. The summed E-state index contributed by atoms with van der Waals surface area (Å²) in [5.41, 5.74) is 5.08. The molecule has 0 aromatic carbocycles. The van der Waals surface area contributed by atoms with Gasteiger partial charge in [0.05, 0.1) is 6.10 Å². The summed E-state index contributed by atoms with van der Waals surface area (Å²) in [6.07, 6.45) is 2.27. The molecule has 0 saturated heterocycles. The van der Waals surface area contributed by atoms with Crippen LogP contribution in [-0.2, 0) is 0 Å². The van der Waals surface area contributed by atoms with E-state index in [2.05, 4.69) is 0 Å². The lowest BCUT2D eigenvalue weighted by molar-refractivity contribution is 0.212. The van der Waals surface area contributed by atoms with E-state index in [4.69, 9.17) is 10.8 Å². The number of hydrogen-bond acceptors (Lipinski definition) is 2. The van der Waals surface area contributed by atoms with Crippen molar-refractivity contribution in [1.82, 2.24) is 0 Å². The SMILES string of the molecule is CC[CH][C@@H](O)CN. The predicted octanol–water partition coefficient (Wildman–Crippen LogP) is -0.0797.